The molecule has 0 heterocycles. The Bertz CT molecular complexity index is 673. The molecule has 3 heteroatoms. The molecule has 0 radical (unpaired) electrons. The number of rotatable bonds is 6. The minimum Gasteiger partial charge on any atom is -0.492 e. The highest BCUT2D eigenvalue weighted by Gasteiger charge is 2.40. The molecule has 1 fully saturated rings. The molecular weight excluding hydrogens is 310 g/mol. The molecule has 3 rings (SSSR count). The van der Waals surface area contributed by atoms with Crippen LogP contribution >= 0.6 is 0 Å². The lowest BCUT2D eigenvalue weighted by Crippen LogP contribution is -2.46. The Kier molecular flexibility index (Phi) is 5.75. The van der Waals surface area contributed by atoms with Crippen LogP contribution in [0.1, 0.15) is 43.2 Å². The van der Waals surface area contributed by atoms with Gasteiger partial charge in [-0.3, -0.25) is 4.79 Å². The highest BCUT2D eigenvalue weighted by atomic mass is 16.5. The van der Waals surface area contributed by atoms with Crippen molar-refractivity contribution in [1.29, 1.82) is 0 Å². The average molecular weight is 337 g/mol. The highest BCUT2D eigenvalue weighted by molar-refractivity contribution is 5.88. The average Bonchev–Trinajstić information content (AvgIpc) is 2.67. The molecule has 0 unspecified atom stereocenters. The molecule has 0 spiro atoms. The number of hydrogen-bond donors (Lipinski definition) is 1. The van der Waals surface area contributed by atoms with Crippen molar-refractivity contribution in [2.45, 2.75) is 44.4 Å². The van der Waals surface area contributed by atoms with E-state index in [0.29, 0.717) is 13.2 Å². The van der Waals surface area contributed by atoms with Gasteiger partial charge in [-0.2, -0.15) is 0 Å². The van der Waals surface area contributed by atoms with Crippen LogP contribution in [-0.4, -0.2) is 19.1 Å². The van der Waals surface area contributed by atoms with Crippen molar-refractivity contribution in [2.24, 2.45) is 0 Å². The number of ether oxygens (including phenoxy) is 1. The van der Waals surface area contributed by atoms with Gasteiger partial charge in [-0.25, -0.2) is 0 Å². The molecule has 0 saturated heterocycles. The number of para-hydroxylation sites is 1. The first-order valence-electron chi connectivity index (χ1n) is 9.24. The van der Waals surface area contributed by atoms with E-state index in [4.69, 9.17) is 4.74 Å². The van der Waals surface area contributed by atoms with Crippen molar-refractivity contribution in [3.05, 3.63) is 65.7 Å². The molecule has 2 aromatic carbocycles. The molecular formula is C22H27NO2. The lowest BCUT2D eigenvalue weighted by Gasteiger charge is -2.36. The fraction of sp³-hybridized carbons (Fsp3) is 0.409. The van der Waals surface area contributed by atoms with E-state index in [1.54, 1.807) is 0 Å². The van der Waals surface area contributed by atoms with E-state index >= 15 is 0 Å². The molecule has 2 aromatic rings. The largest absolute Gasteiger partial charge is 0.492 e. The maximum absolute atomic E-state index is 13.1. The van der Waals surface area contributed by atoms with E-state index in [-0.39, 0.29) is 11.3 Å². The van der Waals surface area contributed by atoms with Crippen LogP contribution in [0, 0.1) is 6.92 Å². The molecule has 25 heavy (non-hydrogen) atoms. The zero-order valence-electron chi connectivity index (χ0n) is 15.0. The van der Waals surface area contributed by atoms with Gasteiger partial charge in [0.15, 0.2) is 0 Å². The van der Waals surface area contributed by atoms with E-state index < -0.39 is 0 Å². The van der Waals surface area contributed by atoms with E-state index in [0.717, 1.165) is 37.0 Å². The topological polar surface area (TPSA) is 38.3 Å². The summed E-state index contributed by atoms with van der Waals surface area (Å²) in [5, 5.41) is 3.11. The van der Waals surface area contributed by atoms with Crippen molar-refractivity contribution in [1.82, 2.24) is 5.32 Å². The third-order valence-corrected chi connectivity index (χ3v) is 5.15. The number of aryl methyl sites for hydroxylation is 1. The number of benzene rings is 2. The molecule has 0 aliphatic heterocycles. The van der Waals surface area contributed by atoms with Gasteiger partial charge < -0.3 is 10.1 Å². The minimum atomic E-state index is -0.376. The zero-order chi connectivity index (χ0) is 17.5. The lowest BCUT2D eigenvalue weighted by atomic mass is 9.68. The first-order chi connectivity index (χ1) is 12.2. The fourth-order valence-corrected chi connectivity index (χ4v) is 3.69. The van der Waals surface area contributed by atoms with Gasteiger partial charge in [0, 0.05) is 0 Å². The van der Waals surface area contributed by atoms with Gasteiger partial charge in [0.1, 0.15) is 12.4 Å². The van der Waals surface area contributed by atoms with Gasteiger partial charge in [-0.15, -0.1) is 0 Å². The molecule has 1 aliphatic rings. The first-order valence-corrected chi connectivity index (χ1v) is 9.24. The van der Waals surface area contributed by atoms with E-state index in [9.17, 15) is 4.79 Å². The Morgan fingerprint density at radius 2 is 1.68 bits per heavy atom. The summed E-state index contributed by atoms with van der Waals surface area (Å²) in [6.45, 7) is 3.10. The number of amides is 1. The third kappa shape index (κ3) is 4.22. The Morgan fingerprint density at radius 1 is 1.00 bits per heavy atom. The predicted molar refractivity (Wildman–Crippen MR) is 101 cm³/mol. The van der Waals surface area contributed by atoms with Crippen molar-refractivity contribution < 1.29 is 9.53 Å². The molecule has 1 N–H and O–H groups in total. The Morgan fingerprint density at radius 3 is 2.36 bits per heavy atom. The second-order valence-corrected chi connectivity index (χ2v) is 6.93. The summed E-state index contributed by atoms with van der Waals surface area (Å²) in [4.78, 5) is 13.1. The summed E-state index contributed by atoms with van der Waals surface area (Å²) < 4.78 is 5.68. The monoisotopic (exact) mass is 337 g/mol. The third-order valence-electron chi connectivity index (χ3n) is 5.15. The van der Waals surface area contributed by atoms with E-state index in [1.165, 1.54) is 12.0 Å². The quantitative estimate of drug-likeness (QED) is 0.794. The minimum absolute atomic E-state index is 0.146. The highest BCUT2D eigenvalue weighted by Crippen LogP contribution is 2.39. The van der Waals surface area contributed by atoms with E-state index in [1.807, 2.05) is 30.3 Å². The van der Waals surface area contributed by atoms with Crippen LogP contribution in [0.15, 0.2) is 54.6 Å². The van der Waals surface area contributed by atoms with Gasteiger partial charge in [0.2, 0.25) is 5.91 Å². The molecule has 1 aliphatic carbocycles. The molecule has 1 amide bonds. The second kappa shape index (κ2) is 8.19. The van der Waals surface area contributed by atoms with Crippen LogP contribution in [0.3, 0.4) is 0 Å². The summed E-state index contributed by atoms with van der Waals surface area (Å²) in [6.07, 6.45) is 5.31. The summed E-state index contributed by atoms with van der Waals surface area (Å²) in [5.41, 5.74) is 2.00. The SMILES string of the molecule is Cc1ccc(C2(C(=O)NCCOc3ccccc3)CCCCC2)cc1. The molecule has 3 nitrogen and oxygen atoms in total. The molecule has 0 bridgehead atoms. The van der Waals surface area contributed by atoms with Crippen molar-refractivity contribution in [2.75, 3.05) is 13.2 Å². The summed E-state index contributed by atoms with van der Waals surface area (Å²) in [6, 6.07) is 18.2. The predicted octanol–water partition coefficient (Wildman–Crippen LogP) is 4.39. The van der Waals surface area contributed by atoms with Crippen molar-refractivity contribution >= 4 is 5.91 Å². The van der Waals surface area contributed by atoms with Gasteiger partial charge in [-0.05, 0) is 37.5 Å². The smallest absolute Gasteiger partial charge is 0.230 e. The summed E-state index contributed by atoms with van der Waals surface area (Å²) in [5.74, 6) is 0.982. The molecule has 1 saturated carbocycles. The van der Waals surface area contributed by atoms with Gasteiger partial charge in [0.25, 0.3) is 0 Å². The maximum Gasteiger partial charge on any atom is 0.230 e. The molecule has 132 valence electrons. The fourth-order valence-electron chi connectivity index (χ4n) is 3.69. The summed E-state index contributed by atoms with van der Waals surface area (Å²) >= 11 is 0. The van der Waals surface area contributed by atoms with Crippen LogP contribution in [0.2, 0.25) is 0 Å². The Hall–Kier alpha value is -2.29. The number of carbonyl (C=O) groups excluding carboxylic acids is 1. The Labute approximate surface area is 150 Å². The lowest BCUT2D eigenvalue weighted by molar-refractivity contribution is -0.128. The molecule has 0 atom stereocenters. The zero-order valence-corrected chi connectivity index (χ0v) is 15.0. The van der Waals surface area contributed by atoms with Crippen molar-refractivity contribution in [3.63, 3.8) is 0 Å². The van der Waals surface area contributed by atoms with Crippen LogP contribution in [0.25, 0.3) is 0 Å². The van der Waals surface area contributed by atoms with Crippen LogP contribution < -0.4 is 10.1 Å². The maximum atomic E-state index is 13.1. The standard InChI is InChI=1S/C22H27NO2/c1-18-10-12-19(13-11-18)22(14-6-3-7-15-22)21(24)23-16-17-25-20-8-4-2-5-9-20/h2,4-5,8-13H,3,6-7,14-17H2,1H3,(H,23,24). The van der Waals surface area contributed by atoms with Crippen LogP contribution in [0.5, 0.6) is 5.75 Å². The van der Waals surface area contributed by atoms with Crippen LogP contribution in [-0.2, 0) is 10.2 Å². The number of hydrogen-bond acceptors (Lipinski definition) is 2. The molecule has 0 aromatic heterocycles. The number of nitrogens with one attached hydrogen (secondary N) is 1. The first kappa shape index (κ1) is 17.5. The number of carbonyl (C=O) groups is 1. The van der Waals surface area contributed by atoms with Gasteiger partial charge in [0.05, 0.1) is 12.0 Å². The Balaban J connectivity index is 1.62. The van der Waals surface area contributed by atoms with Crippen LogP contribution in [0.4, 0.5) is 0 Å². The van der Waals surface area contributed by atoms with Crippen molar-refractivity contribution in [3.8, 4) is 5.75 Å². The summed E-state index contributed by atoms with van der Waals surface area (Å²) in [7, 11) is 0. The van der Waals surface area contributed by atoms with Gasteiger partial charge in [-0.1, -0.05) is 67.3 Å². The second-order valence-electron chi connectivity index (χ2n) is 6.93. The van der Waals surface area contributed by atoms with Gasteiger partial charge >= 0.3 is 0 Å². The normalized spacial score (nSPS) is 16.2. The van der Waals surface area contributed by atoms with E-state index in [2.05, 4.69) is 36.5 Å².